The van der Waals surface area contributed by atoms with Crippen LogP contribution in [0.1, 0.15) is 16.2 Å². The standard InChI is InChI=1S/C15H11F2N5O2/c1-8-4-13(22-24-8)21-14-7-18-12(6-19-14)15(23)20-9-2-3-10(16)11(17)5-9/h2-7H,1H3,(H,20,23)(H,19,21,22). The summed E-state index contributed by atoms with van der Waals surface area (Å²) in [5.74, 6) is -1.19. The first-order valence-electron chi connectivity index (χ1n) is 6.80. The zero-order valence-corrected chi connectivity index (χ0v) is 12.4. The van der Waals surface area contributed by atoms with E-state index in [2.05, 4.69) is 25.8 Å². The van der Waals surface area contributed by atoms with Gasteiger partial charge >= 0.3 is 0 Å². The molecule has 0 spiro atoms. The molecule has 0 radical (unpaired) electrons. The van der Waals surface area contributed by atoms with Crippen LogP contribution in [0.15, 0.2) is 41.2 Å². The van der Waals surface area contributed by atoms with Gasteiger partial charge < -0.3 is 15.2 Å². The first kappa shape index (κ1) is 15.5. The fourth-order valence-corrected chi connectivity index (χ4v) is 1.84. The van der Waals surface area contributed by atoms with E-state index in [0.29, 0.717) is 17.4 Å². The molecule has 0 bridgehead atoms. The Kier molecular flexibility index (Phi) is 4.15. The number of rotatable bonds is 4. The van der Waals surface area contributed by atoms with Crippen LogP contribution < -0.4 is 10.6 Å². The lowest BCUT2D eigenvalue weighted by Crippen LogP contribution is -2.14. The molecule has 2 aromatic heterocycles. The number of halogens is 2. The minimum atomic E-state index is -1.05. The maximum Gasteiger partial charge on any atom is 0.275 e. The maximum atomic E-state index is 13.1. The molecule has 0 saturated carbocycles. The van der Waals surface area contributed by atoms with Crippen molar-refractivity contribution in [3.63, 3.8) is 0 Å². The van der Waals surface area contributed by atoms with Gasteiger partial charge in [0.05, 0.1) is 12.4 Å². The summed E-state index contributed by atoms with van der Waals surface area (Å²) in [6, 6.07) is 4.71. The van der Waals surface area contributed by atoms with Crippen molar-refractivity contribution in [2.24, 2.45) is 0 Å². The molecule has 0 unspecified atom stereocenters. The molecule has 2 N–H and O–H groups in total. The second-order valence-electron chi connectivity index (χ2n) is 4.82. The summed E-state index contributed by atoms with van der Waals surface area (Å²) in [7, 11) is 0. The lowest BCUT2D eigenvalue weighted by atomic mass is 10.3. The summed E-state index contributed by atoms with van der Waals surface area (Å²) in [6.07, 6.45) is 2.58. The van der Waals surface area contributed by atoms with Gasteiger partial charge in [-0.05, 0) is 19.1 Å². The molecule has 3 rings (SSSR count). The van der Waals surface area contributed by atoms with Gasteiger partial charge in [0.2, 0.25) is 0 Å². The quantitative estimate of drug-likeness (QED) is 0.763. The molecule has 0 fully saturated rings. The summed E-state index contributed by atoms with van der Waals surface area (Å²) in [6.45, 7) is 1.75. The summed E-state index contributed by atoms with van der Waals surface area (Å²) in [5, 5.41) is 9.00. The Morgan fingerprint density at radius 2 is 1.92 bits per heavy atom. The maximum absolute atomic E-state index is 13.1. The highest BCUT2D eigenvalue weighted by Crippen LogP contribution is 2.15. The van der Waals surface area contributed by atoms with Gasteiger partial charge in [0.15, 0.2) is 17.5 Å². The molecule has 0 saturated heterocycles. The van der Waals surface area contributed by atoms with Crippen LogP contribution in [0.25, 0.3) is 0 Å². The van der Waals surface area contributed by atoms with E-state index in [1.54, 1.807) is 13.0 Å². The van der Waals surface area contributed by atoms with E-state index in [1.807, 2.05) is 0 Å². The lowest BCUT2D eigenvalue weighted by molar-refractivity contribution is 0.102. The Morgan fingerprint density at radius 1 is 1.08 bits per heavy atom. The molecule has 9 heteroatoms. The normalized spacial score (nSPS) is 10.5. The molecule has 1 amide bonds. The smallest absolute Gasteiger partial charge is 0.275 e. The topological polar surface area (TPSA) is 92.9 Å². The summed E-state index contributed by atoms with van der Waals surface area (Å²) >= 11 is 0. The van der Waals surface area contributed by atoms with Gasteiger partial charge in [-0.2, -0.15) is 0 Å². The van der Waals surface area contributed by atoms with E-state index in [-0.39, 0.29) is 11.4 Å². The predicted octanol–water partition coefficient (Wildman–Crippen LogP) is 3.05. The number of nitrogens with zero attached hydrogens (tertiary/aromatic N) is 3. The molecule has 0 aliphatic rings. The number of hydrogen-bond donors (Lipinski definition) is 2. The third-order valence-electron chi connectivity index (χ3n) is 2.95. The van der Waals surface area contributed by atoms with Crippen LogP contribution in [0.4, 0.5) is 26.1 Å². The average molecular weight is 331 g/mol. The van der Waals surface area contributed by atoms with Crippen LogP contribution in [0.2, 0.25) is 0 Å². The number of aryl methyl sites for hydroxylation is 1. The molecule has 3 aromatic rings. The summed E-state index contributed by atoms with van der Waals surface area (Å²) in [4.78, 5) is 20.0. The Morgan fingerprint density at radius 3 is 2.54 bits per heavy atom. The van der Waals surface area contributed by atoms with E-state index in [4.69, 9.17) is 4.52 Å². The predicted molar refractivity (Wildman–Crippen MR) is 80.9 cm³/mol. The molecule has 0 atom stereocenters. The number of nitrogens with one attached hydrogen (secondary N) is 2. The Balaban J connectivity index is 1.68. The molecule has 0 aliphatic heterocycles. The fourth-order valence-electron chi connectivity index (χ4n) is 1.84. The molecule has 122 valence electrons. The van der Waals surface area contributed by atoms with Crippen LogP contribution in [0.3, 0.4) is 0 Å². The van der Waals surface area contributed by atoms with E-state index >= 15 is 0 Å². The van der Waals surface area contributed by atoms with Crippen molar-refractivity contribution in [1.29, 1.82) is 0 Å². The Hall–Kier alpha value is -3.36. The highest BCUT2D eigenvalue weighted by atomic mass is 19.2. The average Bonchev–Trinajstić information content (AvgIpc) is 2.96. The summed E-state index contributed by atoms with van der Waals surface area (Å²) < 4.78 is 30.9. The van der Waals surface area contributed by atoms with Crippen LogP contribution >= 0.6 is 0 Å². The number of aromatic nitrogens is 3. The molecule has 0 aliphatic carbocycles. The Labute approximate surface area is 134 Å². The van der Waals surface area contributed by atoms with Gasteiger partial charge in [-0.1, -0.05) is 5.16 Å². The molecule has 24 heavy (non-hydrogen) atoms. The van der Waals surface area contributed by atoms with Crippen LogP contribution in [-0.4, -0.2) is 21.0 Å². The number of anilines is 3. The van der Waals surface area contributed by atoms with Gasteiger partial charge in [0, 0.05) is 17.8 Å². The second-order valence-corrected chi connectivity index (χ2v) is 4.82. The van der Waals surface area contributed by atoms with Crippen molar-refractivity contribution in [1.82, 2.24) is 15.1 Å². The first-order valence-corrected chi connectivity index (χ1v) is 6.80. The Bertz CT molecular complexity index is 880. The van der Waals surface area contributed by atoms with Crippen molar-refractivity contribution < 1.29 is 18.1 Å². The number of amides is 1. The highest BCUT2D eigenvalue weighted by molar-refractivity contribution is 6.02. The van der Waals surface area contributed by atoms with E-state index in [1.165, 1.54) is 18.5 Å². The zero-order chi connectivity index (χ0) is 17.1. The van der Waals surface area contributed by atoms with E-state index in [0.717, 1.165) is 12.1 Å². The van der Waals surface area contributed by atoms with Crippen molar-refractivity contribution >= 4 is 23.2 Å². The number of carbonyl (C=O) groups is 1. The van der Waals surface area contributed by atoms with Crippen molar-refractivity contribution in [3.8, 4) is 0 Å². The number of hydrogen-bond acceptors (Lipinski definition) is 6. The number of benzene rings is 1. The first-order chi connectivity index (χ1) is 11.5. The van der Waals surface area contributed by atoms with Crippen molar-refractivity contribution in [2.75, 3.05) is 10.6 Å². The third kappa shape index (κ3) is 3.51. The molecular formula is C15H11F2N5O2. The number of carbonyl (C=O) groups excluding carboxylic acids is 1. The van der Waals surface area contributed by atoms with Gasteiger partial charge in [-0.3, -0.25) is 4.79 Å². The van der Waals surface area contributed by atoms with Crippen LogP contribution in [0, 0.1) is 18.6 Å². The molecule has 2 heterocycles. The van der Waals surface area contributed by atoms with E-state index < -0.39 is 17.5 Å². The van der Waals surface area contributed by atoms with Gasteiger partial charge in [0.1, 0.15) is 17.3 Å². The van der Waals surface area contributed by atoms with Crippen LogP contribution in [-0.2, 0) is 0 Å². The zero-order valence-electron chi connectivity index (χ0n) is 12.4. The van der Waals surface area contributed by atoms with Gasteiger partial charge in [-0.25, -0.2) is 18.7 Å². The minimum Gasteiger partial charge on any atom is -0.360 e. The fraction of sp³-hybridized carbons (Fsp3) is 0.0667. The lowest BCUT2D eigenvalue weighted by Gasteiger charge is -2.06. The highest BCUT2D eigenvalue weighted by Gasteiger charge is 2.11. The summed E-state index contributed by atoms with van der Waals surface area (Å²) in [5.41, 5.74) is 0.127. The molecular weight excluding hydrogens is 320 g/mol. The molecule has 7 nitrogen and oxygen atoms in total. The third-order valence-corrected chi connectivity index (χ3v) is 2.95. The second kappa shape index (κ2) is 6.41. The largest absolute Gasteiger partial charge is 0.360 e. The minimum absolute atomic E-state index is 0.0154. The van der Waals surface area contributed by atoms with E-state index in [9.17, 15) is 13.6 Å². The van der Waals surface area contributed by atoms with Crippen LogP contribution in [0.5, 0.6) is 0 Å². The SMILES string of the molecule is Cc1cc(Nc2cnc(C(=O)Nc3ccc(F)c(F)c3)cn2)no1. The van der Waals surface area contributed by atoms with Crippen molar-refractivity contribution in [3.05, 3.63) is 59.7 Å². The molecule has 1 aromatic carbocycles. The monoisotopic (exact) mass is 331 g/mol. The van der Waals surface area contributed by atoms with Gasteiger partial charge in [-0.15, -0.1) is 0 Å². The van der Waals surface area contributed by atoms with Crippen molar-refractivity contribution in [2.45, 2.75) is 6.92 Å². The van der Waals surface area contributed by atoms with Gasteiger partial charge in [0.25, 0.3) is 5.91 Å².